The van der Waals surface area contributed by atoms with Crippen molar-refractivity contribution in [1.82, 2.24) is 25.1 Å². The van der Waals surface area contributed by atoms with E-state index in [1.165, 1.54) is 41.9 Å². The molecule has 0 bridgehead atoms. The van der Waals surface area contributed by atoms with Crippen LogP contribution in [0.5, 0.6) is 0 Å². The molecular weight excluding hydrogens is 488 g/mol. The second-order valence-electron chi connectivity index (χ2n) is 9.32. The van der Waals surface area contributed by atoms with E-state index in [1.54, 1.807) is 11.1 Å². The lowest BCUT2D eigenvalue weighted by molar-refractivity contribution is -0.148. The van der Waals surface area contributed by atoms with Crippen molar-refractivity contribution < 1.29 is 28.0 Å². The van der Waals surface area contributed by atoms with E-state index >= 15 is 0 Å². The Hall–Kier alpha value is -3.87. The quantitative estimate of drug-likeness (QED) is 0.473. The minimum Gasteiger partial charge on any atom is -0.369 e. The van der Waals surface area contributed by atoms with E-state index in [-0.39, 0.29) is 18.1 Å². The molecule has 13 heteroatoms. The van der Waals surface area contributed by atoms with E-state index in [2.05, 4.69) is 15.7 Å². The lowest BCUT2D eigenvalue weighted by Crippen LogP contribution is -2.45. The summed E-state index contributed by atoms with van der Waals surface area (Å²) in [5.41, 5.74) is 6.27. The van der Waals surface area contributed by atoms with E-state index in [9.17, 15) is 28.0 Å². The highest BCUT2D eigenvalue weighted by atomic mass is 19.1. The van der Waals surface area contributed by atoms with Gasteiger partial charge in [-0.25, -0.2) is 13.8 Å². The van der Waals surface area contributed by atoms with Gasteiger partial charge in [-0.3, -0.25) is 28.9 Å². The summed E-state index contributed by atoms with van der Waals surface area (Å²) in [6, 6.07) is 4.94. The molecule has 0 spiro atoms. The number of anilines is 1. The van der Waals surface area contributed by atoms with Crippen molar-refractivity contribution in [2.45, 2.75) is 38.3 Å². The Balaban J connectivity index is 1.58. The SMILES string of the molecule is C[C@@H](CF)NC(=O)c1cc(NC(=O)CC(C(N)=O)[C@@H]2C(=O)N3CCCN3Cc3c(F)cccc32)n(C)n1. The standard InChI is InChI=1S/C24H29F2N7O4/c1-13(11-25)28-23(36)18-10-19(31(2)30-18)29-20(34)9-15(22(27)35)21-14-5-3-6-17(26)16(14)12-32-7-4-8-33(32)24(21)37/h3,5-6,10,13,15,21H,4,7-9,11-12H2,1-2H3,(H2,27,35)(H,28,36)(H,29,34)/t13-,15?,21+/m0/s1. The summed E-state index contributed by atoms with van der Waals surface area (Å²) in [6.07, 6.45) is 0.242. The Kier molecular flexibility index (Phi) is 7.52. The number of carbonyl (C=O) groups excluding carboxylic acids is 4. The smallest absolute Gasteiger partial charge is 0.272 e. The number of rotatable bonds is 8. The number of fused-ring (bicyclic) bond motifs is 2. The molecular formula is C24H29F2N7O4. The van der Waals surface area contributed by atoms with Crippen molar-refractivity contribution in [1.29, 1.82) is 0 Å². The molecule has 198 valence electrons. The number of primary amides is 1. The van der Waals surface area contributed by atoms with Crippen LogP contribution >= 0.6 is 0 Å². The van der Waals surface area contributed by atoms with Crippen LogP contribution in [-0.4, -0.2) is 69.2 Å². The van der Waals surface area contributed by atoms with Crippen molar-refractivity contribution in [3.63, 3.8) is 0 Å². The number of hydrogen-bond acceptors (Lipinski definition) is 6. The van der Waals surface area contributed by atoms with Crippen LogP contribution in [0.1, 0.15) is 47.3 Å². The van der Waals surface area contributed by atoms with Crippen molar-refractivity contribution in [2.24, 2.45) is 18.7 Å². The first-order chi connectivity index (χ1) is 17.6. The minimum atomic E-state index is -1.25. The van der Waals surface area contributed by atoms with Crippen LogP contribution in [0.25, 0.3) is 0 Å². The maximum atomic E-state index is 14.8. The molecule has 2 aliphatic heterocycles. The minimum absolute atomic E-state index is 0.0398. The molecule has 1 aromatic heterocycles. The molecule has 37 heavy (non-hydrogen) atoms. The first-order valence-corrected chi connectivity index (χ1v) is 11.9. The monoisotopic (exact) mass is 517 g/mol. The average molecular weight is 518 g/mol. The Bertz CT molecular complexity index is 1230. The van der Waals surface area contributed by atoms with Crippen LogP contribution < -0.4 is 16.4 Å². The van der Waals surface area contributed by atoms with E-state index in [1.807, 2.05) is 0 Å². The van der Waals surface area contributed by atoms with Crippen LogP contribution in [0, 0.1) is 11.7 Å². The van der Waals surface area contributed by atoms with Gasteiger partial charge in [0.15, 0.2) is 5.69 Å². The van der Waals surface area contributed by atoms with Gasteiger partial charge in [0, 0.05) is 44.7 Å². The molecule has 11 nitrogen and oxygen atoms in total. The van der Waals surface area contributed by atoms with Gasteiger partial charge in [0.1, 0.15) is 18.3 Å². The predicted molar refractivity (Wildman–Crippen MR) is 128 cm³/mol. The summed E-state index contributed by atoms with van der Waals surface area (Å²) in [5, 5.41) is 12.3. The molecule has 3 heterocycles. The fourth-order valence-electron chi connectivity index (χ4n) is 4.79. The molecule has 4 N–H and O–H groups in total. The molecule has 1 unspecified atom stereocenters. The number of hydrazine groups is 1. The Morgan fingerprint density at radius 1 is 1.27 bits per heavy atom. The number of nitrogens with one attached hydrogen (secondary N) is 2. The Morgan fingerprint density at radius 2 is 2.03 bits per heavy atom. The first-order valence-electron chi connectivity index (χ1n) is 11.9. The topological polar surface area (TPSA) is 143 Å². The molecule has 0 saturated carbocycles. The van der Waals surface area contributed by atoms with Crippen molar-refractivity contribution in [2.75, 3.05) is 25.1 Å². The van der Waals surface area contributed by atoms with Crippen LogP contribution in [0.4, 0.5) is 14.6 Å². The zero-order valence-electron chi connectivity index (χ0n) is 20.5. The Labute approximate surface area is 211 Å². The highest BCUT2D eigenvalue weighted by molar-refractivity contribution is 5.98. The van der Waals surface area contributed by atoms with Gasteiger partial charge in [-0.1, -0.05) is 12.1 Å². The highest BCUT2D eigenvalue weighted by Crippen LogP contribution is 2.38. The fourth-order valence-corrected chi connectivity index (χ4v) is 4.79. The van der Waals surface area contributed by atoms with E-state index in [4.69, 9.17) is 5.73 Å². The number of nitrogens with zero attached hydrogens (tertiary/aromatic N) is 4. The molecule has 2 aromatic rings. The second-order valence-corrected chi connectivity index (χ2v) is 9.32. The lowest BCUT2D eigenvalue weighted by Gasteiger charge is -2.29. The number of halogens is 2. The number of benzene rings is 1. The maximum absolute atomic E-state index is 14.8. The molecule has 1 fully saturated rings. The molecule has 4 amide bonds. The van der Waals surface area contributed by atoms with Gasteiger partial charge >= 0.3 is 0 Å². The van der Waals surface area contributed by atoms with E-state index in [0.29, 0.717) is 30.6 Å². The second kappa shape index (κ2) is 10.6. The average Bonchev–Trinajstić information content (AvgIpc) is 3.44. The van der Waals surface area contributed by atoms with Crippen molar-refractivity contribution >= 4 is 29.4 Å². The zero-order valence-corrected chi connectivity index (χ0v) is 20.5. The number of aryl methyl sites for hydroxylation is 1. The highest BCUT2D eigenvalue weighted by Gasteiger charge is 2.44. The number of alkyl halides is 1. The van der Waals surface area contributed by atoms with Crippen molar-refractivity contribution in [3.8, 4) is 0 Å². The van der Waals surface area contributed by atoms with Crippen LogP contribution in [0.15, 0.2) is 24.3 Å². The molecule has 3 atom stereocenters. The van der Waals surface area contributed by atoms with Crippen molar-refractivity contribution in [3.05, 3.63) is 46.9 Å². The third kappa shape index (κ3) is 5.31. The van der Waals surface area contributed by atoms with Gasteiger partial charge in [-0.2, -0.15) is 5.10 Å². The number of aromatic nitrogens is 2. The van der Waals surface area contributed by atoms with Crippen LogP contribution in [0.2, 0.25) is 0 Å². The van der Waals surface area contributed by atoms with Gasteiger partial charge in [-0.05, 0) is 25.0 Å². The number of hydrogen-bond donors (Lipinski definition) is 3. The molecule has 2 aliphatic rings. The predicted octanol–water partition coefficient (Wildman–Crippen LogP) is 0.824. The summed E-state index contributed by atoms with van der Waals surface area (Å²) in [4.78, 5) is 51.4. The molecule has 1 aromatic carbocycles. The summed E-state index contributed by atoms with van der Waals surface area (Å²) < 4.78 is 28.8. The third-order valence-corrected chi connectivity index (χ3v) is 6.64. The van der Waals surface area contributed by atoms with E-state index < -0.39 is 60.4 Å². The lowest BCUT2D eigenvalue weighted by atomic mass is 9.80. The molecule has 0 radical (unpaired) electrons. The Morgan fingerprint density at radius 3 is 2.73 bits per heavy atom. The first kappa shape index (κ1) is 26.2. The maximum Gasteiger partial charge on any atom is 0.272 e. The van der Waals surface area contributed by atoms with Gasteiger partial charge < -0.3 is 16.4 Å². The zero-order chi connectivity index (χ0) is 26.9. The van der Waals surface area contributed by atoms with Gasteiger partial charge in [0.25, 0.3) is 5.91 Å². The van der Waals surface area contributed by atoms with Crippen LogP contribution in [0.3, 0.4) is 0 Å². The number of carbonyl (C=O) groups is 4. The van der Waals surface area contributed by atoms with Gasteiger partial charge in [0.05, 0.1) is 17.9 Å². The van der Waals surface area contributed by atoms with Gasteiger partial charge in [0.2, 0.25) is 17.7 Å². The van der Waals surface area contributed by atoms with Gasteiger partial charge in [-0.15, -0.1) is 0 Å². The molecule has 1 saturated heterocycles. The van der Waals surface area contributed by atoms with E-state index in [0.717, 1.165) is 0 Å². The summed E-state index contributed by atoms with van der Waals surface area (Å²) in [7, 11) is 1.49. The molecule has 4 rings (SSSR count). The summed E-state index contributed by atoms with van der Waals surface area (Å²) in [6.45, 7) is 1.90. The summed E-state index contributed by atoms with van der Waals surface area (Å²) in [5.74, 6) is -5.31. The normalized spacial score (nSPS) is 19.0. The third-order valence-electron chi connectivity index (χ3n) is 6.64. The number of amides is 4. The fraction of sp³-hybridized carbons (Fsp3) is 0.458. The largest absolute Gasteiger partial charge is 0.369 e. The van der Waals surface area contributed by atoms with Crippen LogP contribution in [-0.2, 0) is 28.0 Å². The summed E-state index contributed by atoms with van der Waals surface area (Å²) >= 11 is 0. The number of nitrogens with two attached hydrogens (primary N) is 1. The molecule has 0 aliphatic carbocycles.